The zero-order chi connectivity index (χ0) is 10.8. The van der Waals surface area contributed by atoms with Crippen LogP contribution in [0.1, 0.15) is 57.8 Å². The molecule has 0 heterocycles. The Kier molecular flexibility index (Phi) is 7.47. The van der Waals surface area contributed by atoms with Crippen LogP contribution in [0.5, 0.6) is 0 Å². The average Bonchev–Trinajstić information content (AvgIpc) is 2.27. The van der Waals surface area contributed by atoms with E-state index in [-0.39, 0.29) is 0 Å². The van der Waals surface area contributed by atoms with Crippen LogP contribution < -0.4 is 5.73 Å². The first-order valence-electron chi connectivity index (χ1n) is 6.45. The van der Waals surface area contributed by atoms with Gasteiger partial charge in [0.05, 0.1) is 6.54 Å². The highest BCUT2D eigenvalue weighted by Crippen LogP contribution is 2.24. The van der Waals surface area contributed by atoms with E-state index in [0.29, 0.717) is 6.54 Å². The van der Waals surface area contributed by atoms with Gasteiger partial charge in [0.25, 0.3) is 0 Å². The molecule has 0 saturated heterocycles. The highest BCUT2D eigenvalue weighted by Gasteiger charge is 2.09. The molecule has 1 saturated carbocycles. The minimum atomic E-state index is 0.489. The standard InChI is InChI=1S/C13H23BN/c15-12-8-11-14-13-9-6-4-2-1-3-5-7-10-13/h13H,1-7,9-10,12,15H2. The largest absolute Gasteiger partial charge is 0.320 e. The van der Waals surface area contributed by atoms with E-state index in [1.165, 1.54) is 57.8 Å². The molecule has 0 aliphatic heterocycles. The van der Waals surface area contributed by atoms with Crippen molar-refractivity contribution in [1.82, 2.24) is 0 Å². The minimum absolute atomic E-state index is 0.489. The molecular weight excluding hydrogens is 181 g/mol. The van der Waals surface area contributed by atoms with Gasteiger partial charge in [-0.3, -0.25) is 0 Å². The molecule has 0 amide bonds. The molecule has 1 nitrogen and oxygen atoms in total. The Balaban J connectivity index is 2.25. The Hall–Kier alpha value is -0.415. The van der Waals surface area contributed by atoms with Gasteiger partial charge in [-0.05, 0) is 0 Å². The van der Waals surface area contributed by atoms with Gasteiger partial charge in [-0.15, -0.1) is 5.92 Å². The monoisotopic (exact) mass is 204 g/mol. The first-order chi connectivity index (χ1) is 7.43. The Morgan fingerprint density at radius 1 is 0.933 bits per heavy atom. The summed E-state index contributed by atoms with van der Waals surface area (Å²) in [5, 5.41) is 0. The number of hydrogen-bond acceptors (Lipinski definition) is 1. The predicted octanol–water partition coefficient (Wildman–Crippen LogP) is 2.92. The molecule has 0 aromatic carbocycles. The molecular formula is C13H23BN. The third-order valence-electron chi connectivity index (χ3n) is 3.17. The van der Waals surface area contributed by atoms with E-state index in [1.807, 2.05) is 0 Å². The smallest absolute Gasteiger partial charge is 0.219 e. The van der Waals surface area contributed by atoms with Crippen molar-refractivity contribution >= 4 is 7.28 Å². The molecule has 1 aliphatic rings. The van der Waals surface area contributed by atoms with Gasteiger partial charge in [0.15, 0.2) is 0 Å². The molecule has 0 aromatic rings. The first-order valence-corrected chi connectivity index (χ1v) is 6.45. The highest BCUT2D eigenvalue weighted by molar-refractivity contribution is 6.47. The molecule has 0 bridgehead atoms. The summed E-state index contributed by atoms with van der Waals surface area (Å²) in [5.74, 6) is 6.74. The van der Waals surface area contributed by atoms with Crippen molar-refractivity contribution in [2.24, 2.45) is 5.73 Å². The summed E-state index contributed by atoms with van der Waals surface area (Å²) >= 11 is 0. The van der Waals surface area contributed by atoms with Crippen LogP contribution >= 0.6 is 0 Å². The molecule has 1 rings (SSSR count). The predicted molar refractivity (Wildman–Crippen MR) is 67.9 cm³/mol. The molecule has 0 atom stereocenters. The van der Waals surface area contributed by atoms with Gasteiger partial charge >= 0.3 is 0 Å². The summed E-state index contributed by atoms with van der Waals surface area (Å²) in [5.41, 5.74) is 5.35. The minimum Gasteiger partial charge on any atom is -0.320 e. The maximum atomic E-state index is 5.35. The SMILES string of the molecule is NCC#C[B]C1CCCCCCCCC1. The van der Waals surface area contributed by atoms with Crippen LogP contribution in [0.4, 0.5) is 0 Å². The van der Waals surface area contributed by atoms with E-state index in [4.69, 9.17) is 5.73 Å². The maximum Gasteiger partial charge on any atom is 0.219 e. The molecule has 1 aliphatic carbocycles. The molecule has 2 N–H and O–H groups in total. The molecule has 0 aromatic heterocycles. The Bertz CT molecular complexity index is 194. The van der Waals surface area contributed by atoms with E-state index >= 15 is 0 Å². The Morgan fingerprint density at radius 2 is 1.47 bits per heavy atom. The lowest BCUT2D eigenvalue weighted by Crippen LogP contribution is -2.04. The summed E-state index contributed by atoms with van der Waals surface area (Å²) in [6.45, 7) is 0.489. The first kappa shape index (κ1) is 12.7. The second-order valence-electron chi connectivity index (χ2n) is 4.50. The van der Waals surface area contributed by atoms with E-state index in [0.717, 1.165) is 5.82 Å². The number of hydrogen-bond donors (Lipinski definition) is 1. The van der Waals surface area contributed by atoms with Crippen LogP contribution in [-0.2, 0) is 0 Å². The van der Waals surface area contributed by atoms with Crippen molar-refractivity contribution in [2.75, 3.05) is 6.54 Å². The second kappa shape index (κ2) is 8.86. The summed E-state index contributed by atoms with van der Waals surface area (Å²) in [6.07, 6.45) is 12.6. The van der Waals surface area contributed by atoms with E-state index in [2.05, 4.69) is 19.0 Å². The lowest BCUT2D eigenvalue weighted by molar-refractivity contribution is 0.503. The molecule has 2 heteroatoms. The molecule has 15 heavy (non-hydrogen) atoms. The Morgan fingerprint density at radius 3 is 2.00 bits per heavy atom. The number of rotatable bonds is 1. The van der Waals surface area contributed by atoms with Gasteiger partial charge in [-0.1, -0.05) is 63.6 Å². The molecule has 1 radical (unpaired) electrons. The van der Waals surface area contributed by atoms with E-state index in [1.54, 1.807) is 0 Å². The van der Waals surface area contributed by atoms with Crippen LogP contribution in [0.25, 0.3) is 0 Å². The number of nitrogens with two attached hydrogens (primary N) is 1. The molecule has 1 fully saturated rings. The Labute approximate surface area is 95.4 Å². The van der Waals surface area contributed by atoms with Crippen molar-refractivity contribution in [1.29, 1.82) is 0 Å². The quantitative estimate of drug-likeness (QED) is 0.515. The molecule has 0 unspecified atom stereocenters. The normalized spacial score (nSPS) is 20.1. The van der Waals surface area contributed by atoms with Crippen LogP contribution in [0.15, 0.2) is 0 Å². The molecule has 83 valence electrons. The van der Waals surface area contributed by atoms with Crippen LogP contribution in [0.2, 0.25) is 5.82 Å². The average molecular weight is 204 g/mol. The summed E-state index contributed by atoms with van der Waals surface area (Å²) in [4.78, 5) is 0. The van der Waals surface area contributed by atoms with Gasteiger partial charge < -0.3 is 5.73 Å². The lowest BCUT2D eigenvalue weighted by Gasteiger charge is -2.15. The third kappa shape index (κ3) is 6.63. The molecule has 0 spiro atoms. The third-order valence-corrected chi connectivity index (χ3v) is 3.17. The van der Waals surface area contributed by atoms with Crippen molar-refractivity contribution in [2.45, 2.75) is 63.6 Å². The van der Waals surface area contributed by atoms with Crippen LogP contribution in [0, 0.1) is 11.7 Å². The van der Waals surface area contributed by atoms with Gasteiger partial charge in [0.2, 0.25) is 7.28 Å². The fourth-order valence-electron chi connectivity index (χ4n) is 2.24. The topological polar surface area (TPSA) is 26.0 Å². The fraction of sp³-hybridized carbons (Fsp3) is 0.846. The van der Waals surface area contributed by atoms with Gasteiger partial charge in [-0.2, -0.15) is 5.82 Å². The van der Waals surface area contributed by atoms with Crippen molar-refractivity contribution in [3.05, 3.63) is 0 Å². The van der Waals surface area contributed by atoms with Gasteiger partial charge in [0, 0.05) is 0 Å². The highest BCUT2D eigenvalue weighted by atomic mass is 14.5. The van der Waals surface area contributed by atoms with Crippen LogP contribution in [-0.4, -0.2) is 13.8 Å². The lowest BCUT2D eigenvalue weighted by atomic mass is 9.61. The summed E-state index contributed by atoms with van der Waals surface area (Å²) in [6, 6.07) is 0. The van der Waals surface area contributed by atoms with Gasteiger partial charge in [0.1, 0.15) is 0 Å². The zero-order valence-electron chi connectivity index (χ0n) is 9.80. The fourth-order valence-corrected chi connectivity index (χ4v) is 2.24. The van der Waals surface area contributed by atoms with Crippen molar-refractivity contribution in [3.63, 3.8) is 0 Å². The summed E-state index contributed by atoms with van der Waals surface area (Å²) in [7, 11) is 2.19. The van der Waals surface area contributed by atoms with Gasteiger partial charge in [-0.25, -0.2) is 0 Å². The van der Waals surface area contributed by atoms with Crippen molar-refractivity contribution in [3.8, 4) is 11.7 Å². The summed E-state index contributed by atoms with van der Waals surface area (Å²) < 4.78 is 0. The van der Waals surface area contributed by atoms with Crippen LogP contribution in [0.3, 0.4) is 0 Å². The van der Waals surface area contributed by atoms with E-state index < -0.39 is 0 Å². The second-order valence-corrected chi connectivity index (χ2v) is 4.50. The maximum absolute atomic E-state index is 5.35. The van der Waals surface area contributed by atoms with Crippen molar-refractivity contribution < 1.29 is 0 Å². The zero-order valence-corrected chi connectivity index (χ0v) is 9.80. The van der Waals surface area contributed by atoms with E-state index in [9.17, 15) is 0 Å².